The molecule has 1 aromatic rings. The molecule has 88 valence electrons. The van der Waals surface area contributed by atoms with E-state index in [1.54, 1.807) is 5.56 Å². The third-order valence-corrected chi connectivity index (χ3v) is 3.85. The zero-order valence-electron chi connectivity index (χ0n) is 10.7. The van der Waals surface area contributed by atoms with E-state index in [0.717, 1.165) is 24.9 Å². The summed E-state index contributed by atoms with van der Waals surface area (Å²) in [6.07, 6.45) is 2.40. The highest BCUT2D eigenvalue weighted by atomic mass is 14.9. The van der Waals surface area contributed by atoms with Gasteiger partial charge in [-0.05, 0) is 47.9 Å². The fraction of sp³-hybridized carbons (Fsp3) is 0.600. The van der Waals surface area contributed by atoms with Crippen LogP contribution in [0.4, 0.5) is 0 Å². The Morgan fingerprint density at radius 3 is 2.75 bits per heavy atom. The van der Waals surface area contributed by atoms with E-state index in [1.807, 2.05) is 0 Å². The Balaban J connectivity index is 2.11. The van der Waals surface area contributed by atoms with Gasteiger partial charge in [-0.1, -0.05) is 39.0 Å². The molecule has 0 saturated heterocycles. The van der Waals surface area contributed by atoms with Crippen LogP contribution in [0, 0.1) is 11.8 Å². The number of benzene rings is 1. The highest BCUT2D eigenvalue weighted by Gasteiger charge is 2.11. The van der Waals surface area contributed by atoms with Crippen LogP contribution in [0.25, 0.3) is 0 Å². The van der Waals surface area contributed by atoms with E-state index < -0.39 is 0 Å². The average molecular weight is 217 g/mol. The quantitative estimate of drug-likeness (QED) is 0.820. The molecular formula is C15H23N. The zero-order chi connectivity index (χ0) is 11.5. The van der Waals surface area contributed by atoms with Crippen LogP contribution in [0.5, 0.6) is 0 Å². The molecule has 1 heteroatoms. The summed E-state index contributed by atoms with van der Waals surface area (Å²) in [5, 5.41) is 3.44. The molecule has 1 heterocycles. The van der Waals surface area contributed by atoms with Gasteiger partial charge in [-0.2, -0.15) is 0 Å². The van der Waals surface area contributed by atoms with Crippen molar-refractivity contribution in [3.05, 3.63) is 34.9 Å². The van der Waals surface area contributed by atoms with E-state index in [2.05, 4.69) is 44.3 Å². The first-order chi connectivity index (χ1) is 7.66. The van der Waals surface area contributed by atoms with Crippen molar-refractivity contribution in [3.63, 3.8) is 0 Å². The summed E-state index contributed by atoms with van der Waals surface area (Å²) < 4.78 is 0. The van der Waals surface area contributed by atoms with Crippen LogP contribution in [0.15, 0.2) is 18.2 Å². The van der Waals surface area contributed by atoms with Gasteiger partial charge in [-0.15, -0.1) is 0 Å². The molecule has 0 saturated carbocycles. The lowest BCUT2D eigenvalue weighted by Crippen LogP contribution is -2.23. The van der Waals surface area contributed by atoms with E-state index in [0.29, 0.717) is 0 Å². The maximum absolute atomic E-state index is 3.44. The molecule has 1 aliphatic rings. The van der Waals surface area contributed by atoms with E-state index in [9.17, 15) is 0 Å². The monoisotopic (exact) mass is 217 g/mol. The highest BCUT2D eigenvalue weighted by Crippen LogP contribution is 2.20. The van der Waals surface area contributed by atoms with Crippen LogP contribution < -0.4 is 5.32 Å². The summed E-state index contributed by atoms with van der Waals surface area (Å²) in [7, 11) is 0. The minimum Gasteiger partial charge on any atom is -0.312 e. The van der Waals surface area contributed by atoms with E-state index in [-0.39, 0.29) is 0 Å². The van der Waals surface area contributed by atoms with Gasteiger partial charge in [0.1, 0.15) is 0 Å². The molecule has 0 bridgehead atoms. The van der Waals surface area contributed by atoms with E-state index in [4.69, 9.17) is 0 Å². The van der Waals surface area contributed by atoms with Gasteiger partial charge in [0.15, 0.2) is 0 Å². The minimum atomic E-state index is 0.772. The van der Waals surface area contributed by atoms with Crippen molar-refractivity contribution in [2.24, 2.45) is 11.8 Å². The third kappa shape index (κ3) is 2.65. The van der Waals surface area contributed by atoms with Crippen LogP contribution >= 0.6 is 0 Å². The van der Waals surface area contributed by atoms with Crippen LogP contribution in [0.2, 0.25) is 0 Å². The van der Waals surface area contributed by atoms with Gasteiger partial charge in [-0.3, -0.25) is 0 Å². The summed E-state index contributed by atoms with van der Waals surface area (Å²) in [4.78, 5) is 0. The van der Waals surface area contributed by atoms with Crippen LogP contribution in [0.3, 0.4) is 0 Å². The third-order valence-electron chi connectivity index (χ3n) is 3.85. The number of rotatable bonds is 3. The topological polar surface area (TPSA) is 12.0 Å². The highest BCUT2D eigenvalue weighted by molar-refractivity contribution is 5.33. The second-order valence-electron chi connectivity index (χ2n) is 5.46. The number of fused-ring (bicyclic) bond motifs is 1. The lowest BCUT2D eigenvalue weighted by Gasteiger charge is -2.20. The Morgan fingerprint density at radius 2 is 2.00 bits per heavy atom. The molecule has 1 nitrogen and oxygen atoms in total. The Kier molecular flexibility index (Phi) is 3.65. The molecule has 0 aromatic heterocycles. The SMILES string of the molecule is CC(C)C(C)Cc1ccc2c(c1)CNCC2. The smallest absolute Gasteiger partial charge is 0.0208 e. The first-order valence-corrected chi connectivity index (χ1v) is 6.48. The fourth-order valence-electron chi connectivity index (χ4n) is 2.27. The fourth-order valence-corrected chi connectivity index (χ4v) is 2.27. The van der Waals surface area contributed by atoms with E-state index in [1.165, 1.54) is 24.0 Å². The Morgan fingerprint density at radius 1 is 1.19 bits per heavy atom. The predicted molar refractivity (Wildman–Crippen MR) is 69.6 cm³/mol. The first kappa shape index (κ1) is 11.7. The number of hydrogen-bond acceptors (Lipinski definition) is 1. The van der Waals surface area contributed by atoms with Crippen molar-refractivity contribution in [2.45, 2.75) is 40.2 Å². The van der Waals surface area contributed by atoms with Gasteiger partial charge < -0.3 is 5.32 Å². The van der Waals surface area contributed by atoms with Crippen molar-refractivity contribution >= 4 is 0 Å². The van der Waals surface area contributed by atoms with Crippen LogP contribution in [-0.2, 0) is 19.4 Å². The van der Waals surface area contributed by atoms with Gasteiger partial charge in [0, 0.05) is 6.54 Å². The summed E-state index contributed by atoms with van der Waals surface area (Å²) in [6, 6.07) is 7.06. The standard InChI is InChI=1S/C15H23N/c1-11(2)12(3)8-13-4-5-14-6-7-16-10-15(14)9-13/h4-5,9,11-12,16H,6-8,10H2,1-3H3. The Hall–Kier alpha value is -0.820. The van der Waals surface area contributed by atoms with Crippen molar-refractivity contribution < 1.29 is 0 Å². The molecule has 1 N–H and O–H groups in total. The minimum absolute atomic E-state index is 0.772. The Bertz CT molecular complexity index is 354. The molecule has 16 heavy (non-hydrogen) atoms. The van der Waals surface area contributed by atoms with Crippen molar-refractivity contribution in [2.75, 3.05) is 6.54 Å². The summed E-state index contributed by atoms with van der Waals surface area (Å²) in [5.74, 6) is 1.55. The molecule has 1 aromatic carbocycles. The molecule has 1 unspecified atom stereocenters. The van der Waals surface area contributed by atoms with Gasteiger partial charge >= 0.3 is 0 Å². The molecule has 0 spiro atoms. The second-order valence-corrected chi connectivity index (χ2v) is 5.46. The summed E-state index contributed by atoms with van der Waals surface area (Å²) in [6.45, 7) is 9.16. The van der Waals surface area contributed by atoms with Crippen LogP contribution in [0.1, 0.15) is 37.5 Å². The van der Waals surface area contributed by atoms with Gasteiger partial charge in [0.05, 0.1) is 0 Å². The molecular weight excluding hydrogens is 194 g/mol. The first-order valence-electron chi connectivity index (χ1n) is 6.48. The maximum atomic E-state index is 3.44. The van der Waals surface area contributed by atoms with Gasteiger partial charge in [-0.25, -0.2) is 0 Å². The molecule has 1 atom stereocenters. The number of hydrogen-bond donors (Lipinski definition) is 1. The molecule has 0 aliphatic carbocycles. The molecule has 0 radical (unpaired) electrons. The number of nitrogens with one attached hydrogen (secondary N) is 1. The summed E-state index contributed by atoms with van der Waals surface area (Å²) >= 11 is 0. The largest absolute Gasteiger partial charge is 0.312 e. The molecule has 0 fully saturated rings. The lowest BCUT2D eigenvalue weighted by atomic mass is 9.89. The average Bonchev–Trinajstić information content (AvgIpc) is 2.28. The normalized spacial score (nSPS) is 17.2. The van der Waals surface area contributed by atoms with Crippen molar-refractivity contribution in [3.8, 4) is 0 Å². The molecule has 0 amide bonds. The van der Waals surface area contributed by atoms with Crippen molar-refractivity contribution in [1.82, 2.24) is 5.32 Å². The van der Waals surface area contributed by atoms with E-state index >= 15 is 0 Å². The predicted octanol–water partition coefficient (Wildman–Crippen LogP) is 3.17. The Labute approximate surface area is 99.3 Å². The molecule has 1 aliphatic heterocycles. The van der Waals surface area contributed by atoms with Crippen molar-refractivity contribution in [1.29, 1.82) is 0 Å². The summed E-state index contributed by atoms with van der Waals surface area (Å²) in [5.41, 5.74) is 4.56. The zero-order valence-corrected chi connectivity index (χ0v) is 10.7. The van der Waals surface area contributed by atoms with Gasteiger partial charge in [0.25, 0.3) is 0 Å². The maximum Gasteiger partial charge on any atom is 0.0208 e. The lowest BCUT2D eigenvalue weighted by molar-refractivity contribution is 0.417. The second kappa shape index (κ2) is 5.01. The molecule has 2 rings (SSSR count). The van der Waals surface area contributed by atoms with Gasteiger partial charge in [0.2, 0.25) is 0 Å². The van der Waals surface area contributed by atoms with Crippen LogP contribution in [-0.4, -0.2) is 6.54 Å².